The van der Waals surface area contributed by atoms with E-state index in [0.717, 1.165) is 17.1 Å². The number of aryl methyl sites for hydroxylation is 1. The summed E-state index contributed by atoms with van der Waals surface area (Å²) in [6.45, 7) is 8.27. The van der Waals surface area contributed by atoms with Crippen molar-refractivity contribution >= 4 is 11.5 Å². The number of anilines is 2. The summed E-state index contributed by atoms with van der Waals surface area (Å²) in [6, 6.07) is 1.96. The van der Waals surface area contributed by atoms with E-state index in [9.17, 15) is 0 Å². The second kappa shape index (κ2) is 3.24. The Morgan fingerprint density at radius 1 is 1.38 bits per heavy atom. The van der Waals surface area contributed by atoms with Crippen molar-refractivity contribution in [2.75, 3.05) is 11.1 Å². The molecule has 0 unspecified atom stereocenters. The van der Waals surface area contributed by atoms with Crippen LogP contribution in [0.25, 0.3) is 0 Å². The fraction of sp³-hybridized carbons (Fsp3) is 0.500. The van der Waals surface area contributed by atoms with Crippen LogP contribution in [0.15, 0.2) is 12.3 Å². The van der Waals surface area contributed by atoms with E-state index in [1.54, 1.807) is 6.20 Å². The van der Waals surface area contributed by atoms with E-state index in [4.69, 9.17) is 5.73 Å². The Balaban J connectivity index is 2.86. The summed E-state index contributed by atoms with van der Waals surface area (Å²) in [6.07, 6.45) is 1.68. The predicted molar refractivity (Wildman–Crippen MR) is 56.8 cm³/mol. The molecule has 0 fully saturated rings. The van der Waals surface area contributed by atoms with Crippen molar-refractivity contribution in [3.8, 4) is 0 Å². The van der Waals surface area contributed by atoms with E-state index < -0.39 is 0 Å². The van der Waals surface area contributed by atoms with Gasteiger partial charge in [-0.25, -0.2) is 4.98 Å². The molecular formula is C10H17N3. The first-order chi connectivity index (χ1) is 5.88. The normalized spacial score (nSPS) is 11.4. The highest BCUT2D eigenvalue weighted by Crippen LogP contribution is 2.16. The zero-order chi connectivity index (χ0) is 10.1. The van der Waals surface area contributed by atoms with E-state index in [0.29, 0.717) is 0 Å². The number of nitrogens with two attached hydrogens (primary N) is 1. The van der Waals surface area contributed by atoms with E-state index in [1.165, 1.54) is 0 Å². The predicted octanol–water partition coefficient (Wildman–Crippen LogP) is 2.18. The van der Waals surface area contributed by atoms with Crippen LogP contribution in [0.3, 0.4) is 0 Å². The molecule has 0 atom stereocenters. The Labute approximate surface area is 79.4 Å². The van der Waals surface area contributed by atoms with Crippen LogP contribution in [0, 0.1) is 6.92 Å². The fourth-order valence-electron chi connectivity index (χ4n) is 1.02. The number of nitrogens with zero attached hydrogens (tertiary/aromatic N) is 1. The molecular weight excluding hydrogens is 162 g/mol. The number of pyridine rings is 1. The van der Waals surface area contributed by atoms with Crippen LogP contribution >= 0.6 is 0 Å². The van der Waals surface area contributed by atoms with E-state index in [2.05, 4.69) is 31.1 Å². The summed E-state index contributed by atoms with van der Waals surface area (Å²) in [7, 11) is 0. The van der Waals surface area contributed by atoms with Gasteiger partial charge in [-0.2, -0.15) is 0 Å². The van der Waals surface area contributed by atoms with Crippen molar-refractivity contribution in [3.63, 3.8) is 0 Å². The summed E-state index contributed by atoms with van der Waals surface area (Å²) < 4.78 is 0. The van der Waals surface area contributed by atoms with Gasteiger partial charge in [0.05, 0.1) is 11.9 Å². The van der Waals surface area contributed by atoms with Crippen LogP contribution < -0.4 is 11.1 Å². The minimum absolute atomic E-state index is 0.0373. The lowest BCUT2D eigenvalue weighted by Crippen LogP contribution is -2.26. The number of nitrogens with one attached hydrogen (secondary N) is 1. The van der Waals surface area contributed by atoms with Crippen LogP contribution in [-0.2, 0) is 0 Å². The maximum absolute atomic E-state index is 5.66. The third-order valence-corrected chi connectivity index (χ3v) is 1.65. The molecule has 0 saturated carbocycles. The maximum atomic E-state index is 5.66. The first-order valence-electron chi connectivity index (χ1n) is 4.39. The summed E-state index contributed by atoms with van der Waals surface area (Å²) in [5.41, 5.74) is 7.49. The Hall–Kier alpha value is -1.25. The van der Waals surface area contributed by atoms with Crippen molar-refractivity contribution in [1.29, 1.82) is 0 Å². The minimum Gasteiger partial charge on any atom is -0.397 e. The molecule has 0 amide bonds. The van der Waals surface area contributed by atoms with Gasteiger partial charge in [-0.3, -0.25) is 0 Å². The zero-order valence-electron chi connectivity index (χ0n) is 8.68. The van der Waals surface area contributed by atoms with E-state index in [-0.39, 0.29) is 5.54 Å². The third kappa shape index (κ3) is 2.93. The smallest absolute Gasteiger partial charge is 0.126 e. The van der Waals surface area contributed by atoms with Crippen LogP contribution in [0.2, 0.25) is 0 Å². The molecule has 3 N–H and O–H groups in total. The largest absolute Gasteiger partial charge is 0.397 e. The SMILES string of the molecule is Cc1cc(NC(C)(C)C)ncc1N. The molecule has 0 aromatic carbocycles. The molecule has 1 aromatic rings. The standard InChI is InChI=1S/C10H17N3/c1-7-5-9(12-6-8(7)11)13-10(2,3)4/h5-6H,11H2,1-4H3,(H,12,13). The molecule has 0 aliphatic rings. The lowest BCUT2D eigenvalue weighted by Gasteiger charge is -2.21. The number of hydrogen-bond donors (Lipinski definition) is 2. The van der Waals surface area contributed by atoms with E-state index >= 15 is 0 Å². The van der Waals surface area contributed by atoms with Crippen LogP contribution in [0.5, 0.6) is 0 Å². The molecule has 0 radical (unpaired) electrons. The number of aromatic nitrogens is 1. The van der Waals surface area contributed by atoms with Crippen molar-refractivity contribution in [1.82, 2.24) is 4.98 Å². The molecule has 0 spiro atoms. The van der Waals surface area contributed by atoms with Gasteiger partial charge in [-0.15, -0.1) is 0 Å². The topological polar surface area (TPSA) is 50.9 Å². The fourth-order valence-corrected chi connectivity index (χ4v) is 1.02. The minimum atomic E-state index is 0.0373. The van der Waals surface area contributed by atoms with Crippen molar-refractivity contribution in [2.24, 2.45) is 0 Å². The second-order valence-electron chi connectivity index (χ2n) is 4.30. The summed E-state index contributed by atoms with van der Waals surface area (Å²) >= 11 is 0. The number of nitrogen functional groups attached to an aromatic ring is 1. The number of rotatable bonds is 1. The van der Waals surface area contributed by atoms with Gasteiger partial charge in [-0.1, -0.05) is 0 Å². The lowest BCUT2D eigenvalue weighted by molar-refractivity contribution is 0.630. The van der Waals surface area contributed by atoms with Crippen LogP contribution in [0.4, 0.5) is 11.5 Å². The van der Waals surface area contributed by atoms with Crippen molar-refractivity contribution < 1.29 is 0 Å². The van der Waals surface area contributed by atoms with E-state index in [1.807, 2.05) is 13.0 Å². The first-order valence-corrected chi connectivity index (χ1v) is 4.39. The van der Waals surface area contributed by atoms with Gasteiger partial charge >= 0.3 is 0 Å². The molecule has 0 aliphatic carbocycles. The molecule has 1 heterocycles. The van der Waals surface area contributed by atoms with Gasteiger partial charge in [0.1, 0.15) is 5.82 Å². The summed E-state index contributed by atoms with van der Waals surface area (Å²) in [4.78, 5) is 4.19. The maximum Gasteiger partial charge on any atom is 0.126 e. The lowest BCUT2D eigenvalue weighted by atomic mass is 10.1. The molecule has 1 aromatic heterocycles. The Bertz CT molecular complexity index is 300. The van der Waals surface area contributed by atoms with Gasteiger partial charge in [-0.05, 0) is 39.3 Å². The number of hydrogen-bond acceptors (Lipinski definition) is 3. The van der Waals surface area contributed by atoms with Gasteiger partial charge < -0.3 is 11.1 Å². The van der Waals surface area contributed by atoms with Crippen LogP contribution in [0.1, 0.15) is 26.3 Å². The zero-order valence-corrected chi connectivity index (χ0v) is 8.68. The molecule has 1 rings (SSSR count). The van der Waals surface area contributed by atoms with Crippen molar-refractivity contribution in [2.45, 2.75) is 33.2 Å². The Morgan fingerprint density at radius 3 is 2.46 bits per heavy atom. The molecule has 3 nitrogen and oxygen atoms in total. The highest BCUT2D eigenvalue weighted by molar-refractivity contribution is 5.51. The molecule has 0 aliphatic heterocycles. The van der Waals surface area contributed by atoms with Gasteiger partial charge in [0, 0.05) is 5.54 Å². The van der Waals surface area contributed by atoms with Crippen molar-refractivity contribution in [3.05, 3.63) is 17.8 Å². The van der Waals surface area contributed by atoms with Gasteiger partial charge in [0.2, 0.25) is 0 Å². The highest BCUT2D eigenvalue weighted by atomic mass is 15.0. The second-order valence-corrected chi connectivity index (χ2v) is 4.30. The summed E-state index contributed by atoms with van der Waals surface area (Å²) in [5, 5.41) is 3.28. The highest BCUT2D eigenvalue weighted by Gasteiger charge is 2.10. The molecule has 72 valence electrons. The van der Waals surface area contributed by atoms with Gasteiger partial charge in [0.25, 0.3) is 0 Å². The van der Waals surface area contributed by atoms with Crippen LogP contribution in [-0.4, -0.2) is 10.5 Å². The summed E-state index contributed by atoms with van der Waals surface area (Å²) in [5.74, 6) is 0.874. The molecule has 0 bridgehead atoms. The Morgan fingerprint density at radius 2 is 2.00 bits per heavy atom. The Kier molecular flexibility index (Phi) is 2.45. The third-order valence-electron chi connectivity index (χ3n) is 1.65. The molecule has 13 heavy (non-hydrogen) atoms. The molecule has 0 saturated heterocycles. The molecule has 3 heteroatoms. The monoisotopic (exact) mass is 179 g/mol. The first kappa shape index (κ1) is 9.84. The van der Waals surface area contributed by atoms with Gasteiger partial charge in [0.15, 0.2) is 0 Å². The average molecular weight is 179 g/mol. The average Bonchev–Trinajstić information content (AvgIpc) is 1.94. The quantitative estimate of drug-likeness (QED) is 0.694.